The first-order valence-corrected chi connectivity index (χ1v) is 13.4. The zero-order chi connectivity index (χ0) is 26.4. The van der Waals surface area contributed by atoms with Crippen LogP contribution >= 0.6 is 0 Å². The Labute approximate surface area is 216 Å². The van der Waals surface area contributed by atoms with Gasteiger partial charge in [0.1, 0.15) is 5.82 Å². The van der Waals surface area contributed by atoms with Crippen LogP contribution in [0.3, 0.4) is 0 Å². The largest absolute Gasteiger partial charge is 0.417 e. The van der Waals surface area contributed by atoms with E-state index in [4.69, 9.17) is 0 Å². The first-order chi connectivity index (χ1) is 17.6. The van der Waals surface area contributed by atoms with Crippen LogP contribution in [0.2, 0.25) is 0 Å². The Kier molecular flexibility index (Phi) is 7.07. The summed E-state index contributed by atoms with van der Waals surface area (Å²) in [5.74, 6) is 0.437. The number of amides is 1. The first kappa shape index (κ1) is 26.1. The summed E-state index contributed by atoms with van der Waals surface area (Å²) in [6.07, 6.45) is 1.50. The van der Waals surface area contributed by atoms with Crippen LogP contribution in [0.15, 0.2) is 36.5 Å². The van der Waals surface area contributed by atoms with Crippen molar-refractivity contribution in [1.82, 2.24) is 14.8 Å². The van der Waals surface area contributed by atoms with Gasteiger partial charge in [0.05, 0.1) is 11.0 Å². The van der Waals surface area contributed by atoms with Crippen molar-refractivity contribution in [2.75, 3.05) is 19.6 Å². The molecule has 3 aliphatic rings. The quantitative estimate of drug-likeness (QED) is 0.453. The molecule has 0 unspecified atom stereocenters. The number of aromatic nitrogens is 1. The number of nitrogens with zero attached hydrogens (tertiary/aromatic N) is 3. The molecule has 8 heteroatoms. The summed E-state index contributed by atoms with van der Waals surface area (Å²) in [4.78, 5) is 22.3. The number of piperidine rings is 1. The third-order valence-electron chi connectivity index (χ3n) is 9.10. The maximum absolute atomic E-state index is 14.0. The molecule has 37 heavy (non-hydrogen) atoms. The lowest BCUT2D eigenvalue weighted by Gasteiger charge is -2.41. The Morgan fingerprint density at radius 1 is 1.08 bits per heavy atom. The number of benzene rings is 1. The van der Waals surface area contributed by atoms with Gasteiger partial charge in [-0.25, -0.2) is 4.39 Å². The third-order valence-corrected chi connectivity index (χ3v) is 9.10. The molecule has 2 fully saturated rings. The van der Waals surface area contributed by atoms with E-state index in [0.29, 0.717) is 36.2 Å². The molecule has 0 radical (unpaired) electrons. The minimum absolute atomic E-state index is 0.0780. The lowest BCUT2D eigenvalue weighted by atomic mass is 9.73. The zero-order valence-electron chi connectivity index (χ0n) is 21.5. The van der Waals surface area contributed by atoms with E-state index in [-0.39, 0.29) is 24.2 Å². The van der Waals surface area contributed by atoms with Crippen LogP contribution in [0.5, 0.6) is 0 Å². The summed E-state index contributed by atoms with van der Waals surface area (Å²) in [7, 11) is 0. The molecule has 3 heterocycles. The summed E-state index contributed by atoms with van der Waals surface area (Å²) in [5.41, 5.74) is 1.09. The predicted molar refractivity (Wildman–Crippen MR) is 133 cm³/mol. The lowest BCUT2D eigenvalue weighted by molar-refractivity contribution is -0.146. The molecule has 0 spiro atoms. The van der Waals surface area contributed by atoms with E-state index in [0.717, 1.165) is 57.5 Å². The van der Waals surface area contributed by atoms with Crippen LogP contribution in [-0.4, -0.2) is 46.4 Å². The minimum Gasteiger partial charge on any atom is -0.337 e. The van der Waals surface area contributed by atoms with Gasteiger partial charge in [0, 0.05) is 37.4 Å². The molecule has 2 atom stereocenters. The standard InChI is InChI=1S/C29H35F4N3O/c1-19(2)28(27(37)36-14-10-26-22(18-36)15-23(17-34-26)29(31,32)33)11-7-25(16-28)35-12-8-21(9-13-35)20-3-5-24(30)6-4-20/h3-6,15,17,19,21,25H,7-14,16,18H2,1-2H3/t25-,28+/m1/s1. The molecule has 1 aromatic carbocycles. The number of carbonyl (C=O) groups is 1. The van der Waals surface area contributed by atoms with Crippen molar-refractivity contribution in [1.29, 1.82) is 0 Å². The van der Waals surface area contributed by atoms with Gasteiger partial charge in [-0.3, -0.25) is 9.78 Å². The van der Waals surface area contributed by atoms with E-state index in [1.165, 1.54) is 17.7 Å². The molecule has 5 rings (SSSR count). The van der Waals surface area contributed by atoms with Gasteiger partial charge in [-0.05, 0) is 86.4 Å². The van der Waals surface area contributed by atoms with Crippen molar-refractivity contribution in [3.63, 3.8) is 0 Å². The van der Waals surface area contributed by atoms with E-state index in [2.05, 4.69) is 23.7 Å². The van der Waals surface area contributed by atoms with Crippen LogP contribution in [0.4, 0.5) is 17.6 Å². The number of carbonyl (C=O) groups excluding carboxylic acids is 1. The van der Waals surface area contributed by atoms with Crippen LogP contribution < -0.4 is 0 Å². The minimum atomic E-state index is -4.45. The number of fused-ring (bicyclic) bond motifs is 1. The topological polar surface area (TPSA) is 36.4 Å². The van der Waals surface area contributed by atoms with Crippen molar-refractivity contribution in [2.45, 2.75) is 77.1 Å². The van der Waals surface area contributed by atoms with Crippen LogP contribution in [0.25, 0.3) is 0 Å². The van der Waals surface area contributed by atoms with Crippen LogP contribution in [0.1, 0.15) is 74.3 Å². The average Bonchev–Trinajstić information content (AvgIpc) is 3.35. The number of likely N-dealkylation sites (tertiary alicyclic amines) is 1. The Morgan fingerprint density at radius 2 is 1.78 bits per heavy atom. The molecule has 1 aliphatic carbocycles. The number of hydrogen-bond acceptors (Lipinski definition) is 3. The SMILES string of the molecule is CC(C)[C@]1(C(=O)N2CCc3ncc(C(F)(F)F)cc3C2)CC[C@@H](N2CCC(c3ccc(F)cc3)CC2)C1. The fourth-order valence-electron chi connectivity index (χ4n) is 6.73. The van der Waals surface area contributed by atoms with Gasteiger partial charge in [0.2, 0.25) is 5.91 Å². The van der Waals surface area contributed by atoms with Crippen molar-refractivity contribution >= 4 is 5.91 Å². The Balaban J connectivity index is 1.26. The van der Waals surface area contributed by atoms with Gasteiger partial charge in [-0.1, -0.05) is 26.0 Å². The molecular formula is C29H35F4N3O. The summed E-state index contributed by atoms with van der Waals surface area (Å²) in [6, 6.07) is 8.32. The van der Waals surface area contributed by atoms with Crippen LogP contribution in [-0.2, 0) is 23.9 Å². The molecule has 1 aromatic heterocycles. The Bertz CT molecular complexity index is 1120. The molecule has 1 saturated heterocycles. The monoisotopic (exact) mass is 517 g/mol. The number of alkyl halides is 3. The normalized spacial score (nSPS) is 25.5. The van der Waals surface area contributed by atoms with Gasteiger partial charge >= 0.3 is 6.18 Å². The molecule has 0 N–H and O–H groups in total. The van der Waals surface area contributed by atoms with Gasteiger partial charge in [0.15, 0.2) is 0 Å². The summed E-state index contributed by atoms with van der Waals surface area (Å²) in [5, 5.41) is 0. The highest BCUT2D eigenvalue weighted by Crippen LogP contribution is 2.48. The smallest absolute Gasteiger partial charge is 0.337 e. The maximum Gasteiger partial charge on any atom is 0.417 e. The molecule has 1 amide bonds. The molecule has 2 aromatic rings. The molecular weight excluding hydrogens is 482 g/mol. The van der Waals surface area contributed by atoms with Crippen LogP contribution in [0, 0.1) is 17.2 Å². The third kappa shape index (κ3) is 5.14. The highest BCUT2D eigenvalue weighted by atomic mass is 19.4. The van der Waals surface area contributed by atoms with E-state index in [1.807, 2.05) is 12.1 Å². The summed E-state index contributed by atoms with van der Waals surface area (Å²) < 4.78 is 53.0. The molecule has 1 saturated carbocycles. The number of halogens is 4. The second kappa shape index (κ2) is 10.0. The van der Waals surface area contributed by atoms with E-state index >= 15 is 0 Å². The molecule has 0 bridgehead atoms. The number of pyridine rings is 1. The Hall–Kier alpha value is -2.48. The molecule has 4 nitrogen and oxygen atoms in total. The fraction of sp³-hybridized carbons (Fsp3) is 0.586. The predicted octanol–water partition coefficient (Wildman–Crippen LogP) is 6.20. The molecule has 200 valence electrons. The Morgan fingerprint density at radius 3 is 2.43 bits per heavy atom. The zero-order valence-corrected chi connectivity index (χ0v) is 21.5. The highest BCUT2D eigenvalue weighted by molar-refractivity contribution is 5.83. The second-order valence-corrected chi connectivity index (χ2v) is 11.4. The summed E-state index contributed by atoms with van der Waals surface area (Å²) in [6.45, 7) is 6.79. The first-order valence-electron chi connectivity index (χ1n) is 13.4. The van der Waals surface area contributed by atoms with Crippen molar-refractivity contribution < 1.29 is 22.4 Å². The summed E-state index contributed by atoms with van der Waals surface area (Å²) >= 11 is 0. The lowest BCUT2D eigenvalue weighted by Crippen LogP contribution is -2.49. The fourth-order valence-corrected chi connectivity index (χ4v) is 6.73. The van der Waals surface area contributed by atoms with E-state index < -0.39 is 17.2 Å². The van der Waals surface area contributed by atoms with Gasteiger partial charge in [-0.15, -0.1) is 0 Å². The van der Waals surface area contributed by atoms with Crippen molar-refractivity contribution in [3.8, 4) is 0 Å². The van der Waals surface area contributed by atoms with E-state index in [1.54, 1.807) is 4.90 Å². The second-order valence-electron chi connectivity index (χ2n) is 11.4. The highest BCUT2D eigenvalue weighted by Gasteiger charge is 2.51. The van der Waals surface area contributed by atoms with Crippen molar-refractivity contribution in [2.24, 2.45) is 11.3 Å². The average molecular weight is 518 g/mol. The van der Waals surface area contributed by atoms with Crippen molar-refractivity contribution in [3.05, 3.63) is 64.7 Å². The molecule has 2 aliphatic heterocycles. The van der Waals surface area contributed by atoms with Gasteiger partial charge in [-0.2, -0.15) is 13.2 Å². The maximum atomic E-state index is 14.0. The van der Waals surface area contributed by atoms with E-state index in [9.17, 15) is 22.4 Å². The number of rotatable bonds is 4. The van der Waals surface area contributed by atoms with Gasteiger partial charge in [0.25, 0.3) is 0 Å². The van der Waals surface area contributed by atoms with Gasteiger partial charge < -0.3 is 9.80 Å². The number of hydrogen-bond donors (Lipinski definition) is 0.